The highest BCUT2D eigenvalue weighted by molar-refractivity contribution is 7.13. The van der Waals surface area contributed by atoms with Crippen molar-refractivity contribution in [1.82, 2.24) is 10.2 Å². The van der Waals surface area contributed by atoms with E-state index in [0.29, 0.717) is 29.6 Å². The fraction of sp³-hybridized carbons (Fsp3) is 0.333. The largest absolute Gasteiger partial charge is 0.414 e. The van der Waals surface area contributed by atoms with Crippen molar-refractivity contribution < 1.29 is 18.9 Å². The minimum Gasteiger partial charge on any atom is -0.414 e. The van der Waals surface area contributed by atoms with Crippen LogP contribution < -0.4 is 10.2 Å². The number of anilines is 1. The molecule has 152 valence electrons. The van der Waals surface area contributed by atoms with Gasteiger partial charge in [0.1, 0.15) is 0 Å². The lowest BCUT2D eigenvalue weighted by Crippen LogP contribution is -3.15. The van der Waals surface area contributed by atoms with E-state index in [0.717, 1.165) is 22.7 Å². The van der Waals surface area contributed by atoms with Gasteiger partial charge in [0, 0.05) is 11.3 Å². The molecule has 0 aliphatic heterocycles. The molecule has 2 heterocycles. The summed E-state index contributed by atoms with van der Waals surface area (Å²) in [7, 11) is 0. The first-order valence-corrected chi connectivity index (χ1v) is 10.5. The van der Waals surface area contributed by atoms with Crippen LogP contribution in [0.15, 0.2) is 46.2 Å². The third kappa shape index (κ3) is 5.36. The van der Waals surface area contributed by atoms with Gasteiger partial charge in [0.05, 0.1) is 11.4 Å². The van der Waals surface area contributed by atoms with Crippen molar-refractivity contribution in [1.29, 1.82) is 0 Å². The van der Waals surface area contributed by atoms with Crippen LogP contribution in [0.25, 0.3) is 10.8 Å². The Balaban J connectivity index is 1.65. The average Bonchev–Trinajstić information content (AvgIpc) is 3.39. The van der Waals surface area contributed by atoms with Gasteiger partial charge in [-0.25, -0.2) is 0 Å². The molecule has 29 heavy (non-hydrogen) atoms. The number of hydrogen-bond donors (Lipinski definition) is 2. The number of nitrogens with zero attached hydrogens (tertiary/aromatic N) is 2. The summed E-state index contributed by atoms with van der Waals surface area (Å²) in [5.74, 6) is 0.925. The normalized spacial score (nSPS) is 13.1. The predicted molar refractivity (Wildman–Crippen MR) is 112 cm³/mol. The Kier molecular flexibility index (Phi) is 6.90. The molecule has 1 unspecified atom stereocenters. The summed E-state index contributed by atoms with van der Waals surface area (Å²) < 4.78 is 5.79. The van der Waals surface area contributed by atoms with Gasteiger partial charge in [-0.05, 0) is 56.0 Å². The first-order chi connectivity index (χ1) is 14.0. The predicted octanol–water partition coefficient (Wildman–Crippen LogP) is 2.82. The number of aromatic nitrogens is 2. The molecule has 1 aromatic carbocycles. The second-order valence-electron chi connectivity index (χ2n) is 6.91. The van der Waals surface area contributed by atoms with Crippen molar-refractivity contribution in [2.45, 2.75) is 39.8 Å². The molecule has 0 fully saturated rings. The number of ketones is 1. The molecule has 3 aromatic rings. The molecular weight excluding hydrogens is 388 g/mol. The van der Waals surface area contributed by atoms with Crippen LogP contribution in [0.1, 0.15) is 43.4 Å². The minimum atomic E-state index is -0.306. The van der Waals surface area contributed by atoms with Crippen LogP contribution in [0.2, 0.25) is 0 Å². The van der Waals surface area contributed by atoms with Crippen molar-refractivity contribution in [3.8, 4) is 10.8 Å². The highest BCUT2D eigenvalue weighted by atomic mass is 32.1. The van der Waals surface area contributed by atoms with Crippen molar-refractivity contribution in [2.24, 2.45) is 0 Å². The zero-order valence-corrected chi connectivity index (χ0v) is 17.6. The monoisotopic (exact) mass is 413 g/mol. The molecule has 0 bridgehead atoms. The molecule has 2 aromatic heterocycles. The Morgan fingerprint density at radius 1 is 1.21 bits per heavy atom. The lowest BCUT2D eigenvalue weighted by Gasteiger charge is -2.23. The van der Waals surface area contributed by atoms with Gasteiger partial charge in [-0.2, -0.15) is 0 Å². The molecule has 3 rings (SSSR count). The smallest absolute Gasteiger partial charge is 0.282 e. The number of nitrogens with one attached hydrogen (secondary N) is 2. The van der Waals surface area contributed by atoms with Gasteiger partial charge in [-0.1, -0.05) is 13.0 Å². The highest BCUT2D eigenvalue weighted by Crippen LogP contribution is 2.22. The summed E-state index contributed by atoms with van der Waals surface area (Å²) in [5, 5.41) is 13.2. The van der Waals surface area contributed by atoms with Crippen molar-refractivity contribution in [3.05, 3.63) is 53.2 Å². The van der Waals surface area contributed by atoms with E-state index in [-0.39, 0.29) is 17.7 Å². The lowest BCUT2D eigenvalue weighted by atomic mass is 10.1. The van der Waals surface area contributed by atoms with Crippen molar-refractivity contribution in [3.63, 3.8) is 0 Å². The summed E-state index contributed by atoms with van der Waals surface area (Å²) in [6.07, 6.45) is 0.923. The fourth-order valence-electron chi connectivity index (χ4n) is 3.02. The standard InChI is InChI=1S/C21H24N4O3S/c1-4-11-25(13-19-23-24-21(28-19)18-6-5-12-29-18)14(2)20(27)22-17-9-7-16(8-10-17)15(3)26/h5-10,12,14H,4,11,13H2,1-3H3,(H,22,27)/p+1/t14-/m1/s1. The maximum Gasteiger partial charge on any atom is 0.282 e. The molecule has 0 radical (unpaired) electrons. The molecule has 0 saturated carbocycles. The van der Waals surface area contributed by atoms with E-state index in [2.05, 4.69) is 22.4 Å². The van der Waals surface area contributed by atoms with E-state index >= 15 is 0 Å². The number of hydrogen-bond acceptors (Lipinski definition) is 6. The SMILES string of the molecule is CCC[NH+](Cc1nnc(-c2cccs2)o1)[C@H](C)C(=O)Nc1ccc(C(C)=O)cc1. The quantitative estimate of drug-likeness (QED) is 0.527. The Morgan fingerprint density at radius 3 is 2.59 bits per heavy atom. The van der Waals surface area contributed by atoms with E-state index in [1.54, 1.807) is 35.6 Å². The summed E-state index contributed by atoms with van der Waals surface area (Å²) in [4.78, 5) is 26.1. The number of Topliss-reactive ketones (excluding diaryl/α,β-unsaturated/α-hetero) is 1. The lowest BCUT2D eigenvalue weighted by molar-refractivity contribution is -0.928. The number of quaternary nitrogens is 1. The van der Waals surface area contributed by atoms with Gasteiger partial charge in [0.25, 0.3) is 17.7 Å². The van der Waals surface area contributed by atoms with Gasteiger partial charge in [0.15, 0.2) is 18.4 Å². The third-order valence-electron chi connectivity index (χ3n) is 4.71. The first kappa shape index (κ1) is 20.9. The molecular formula is C21H25N4O3S+. The number of carbonyl (C=O) groups excluding carboxylic acids is 2. The zero-order valence-electron chi connectivity index (χ0n) is 16.8. The molecule has 2 N–H and O–H groups in total. The Hall–Kier alpha value is -2.84. The molecule has 2 atom stereocenters. The number of benzene rings is 1. The van der Waals surface area contributed by atoms with Crippen molar-refractivity contribution >= 4 is 28.7 Å². The number of amides is 1. The number of rotatable bonds is 9. The zero-order chi connectivity index (χ0) is 20.8. The summed E-state index contributed by atoms with van der Waals surface area (Å²) in [5.41, 5.74) is 1.28. The Bertz CT molecular complexity index is 951. The van der Waals surface area contributed by atoms with Gasteiger partial charge in [-0.3, -0.25) is 9.59 Å². The van der Waals surface area contributed by atoms with Gasteiger partial charge >= 0.3 is 0 Å². The van der Waals surface area contributed by atoms with E-state index in [4.69, 9.17) is 4.42 Å². The van der Waals surface area contributed by atoms with Crippen LogP contribution in [0.5, 0.6) is 0 Å². The molecule has 0 saturated heterocycles. The first-order valence-electron chi connectivity index (χ1n) is 9.60. The van der Waals surface area contributed by atoms with E-state index in [1.165, 1.54) is 6.92 Å². The number of carbonyl (C=O) groups is 2. The Morgan fingerprint density at radius 2 is 1.97 bits per heavy atom. The molecule has 8 heteroatoms. The van der Waals surface area contributed by atoms with Crippen LogP contribution in [-0.4, -0.2) is 34.5 Å². The molecule has 0 spiro atoms. The van der Waals surface area contributed by atoms with Crippen LogP contribution in [0, 0.1) is 0 Å². The van der Waals surface area contributed by atoms with E-state index < -0.39 is 0 Å². The van der Waals surface area contributed by atoms with Gasteiger partial charge < -0.3 is 14.6 Å². The Labute approximate surface area is 173 Å². The van der Waals surface area contributed by atoms with Crippen LogP contribution in [0.3, 0.4) is 0 Å². The highest BCUT2D eigenvalue weighted by Gasteiger charge is 2.27. The van der Waals surface area contributed by atoms with Crippen LogP contribution in [-0.2, 0) is 11.3 Å². The molecule has 0 aliphatic rings. The molecule has 7 nitrogen and oxygen atoms in total. The van der Waals surface area contributed by atoms with E-state index in [9.17, 15) is 9.59 Å². The topological polar surface area (TPSA) is 89.5 Å². The van der Waals surface area contributed by atoms with E-state index in [1.807, 2.05) is 24.4 Å². The summed E-state index contributed by atoms with van der Waals surface area (Å²) in [6, 6.07) is 10.5. The summed E-state index contributed by atoms with van der Waals surface area (Å²) in [6.45, 7) is 6.76. The van der Waals surface area contributed by atoms with Crippen LogP contribution in [0.4, 0.5) is 5.69 Å². The van der Waals surface area contributed by atoms with Crippen LogP contribution >= 0.6 is 11.3 Å². The maximum absolute atomic E-state index is 12.8. The second kappa shape index (κ2) is 9.58. The van der Waals surface area contributed by atoms with Gasteiger partial charge in [0.2, 0.25) is 0 Å². The third-order valence-corrected chi connectivity index (χ3v) is 5.57. The second-order valence-corrected chi connectivity index (χ2v) is 7.86. The van der Waals surface area contributed by atoms with Crippen molar-refractivity contribution in [2.75, 3.05) is 11.9 Å². The minimum absolute atomic E-state index is 0.00344. The summed E-state index contributed by atoms with van der Waals surface area (Å²) >= 11 is 1.55. The maximum atomic E-state index is 12.8. The fourth-order valence-corrected chi connectivity index (χ4v) is 3.67. The average molecular weight is 414 g/mol. The van der Waals surface area contributed by atoms with Gasteiger partial charge in [-0.15, -0.1) is 21.5 Å². The number of thiophene rings is 1. The molecule has 1 amide bonds. The molecule has 0 aliphatic carbocycles.